The van der Waals surface area contributed by atoms with Crippen LogP contribution in [-0.2, 0) is 9.47 Å². The monoisotopic (exact) mass is 439 g/mol. The van der Waals surface area contributed by atoms with Crippen LogP contribution in [0, 0.1) is 28.1 Å². The highest BCUT2D eigenvalue weighted by atomic mass is 16.5. The first-order valence-electron chi connectivity index (χ1n) is 13.1. The van der Waals surface area contributed by atoms with Gasteiger partial charge in [-0.2, -0.15) is 0 Å². The fraction of sp³-hybridized carbons (Fsp3) is 1.00. The third-order valence-electron chi connectivity index (χ3n) is 7.53. The van der Waals surface area contributed by atoms with E-state index < -0.39 is 0 Å². The maximum atomic E-state index is 5.64. The molecule has 3 heterocycles. The third-order valence-corrected chi connectivity index (χ3v) is 7.53. The third kappa shape index (κ3) is 12.1. The predicted octanol–water partition coefficient (Wildman–Crippen LogP) is 7.44. The molecule has 3 aliphatic heterocycles. The first-order valence-corrected chi connectivity index (χ1v) is 13.1. The first kappa shape index (κ1) is 28.9. The molecule has 0 bridgehead atoms. The van der Waals surface area contributed by atoms with Crippen LogP contribution in [0.5, 0.6) is 0 Å². The summed E-state index contributed by atoms with van der Waals surface area (Å²) in [4.78, 5) is 2.43. The van der Waals surface area contributed by atoms with Crippen LogP contribution in [-0.4, -0.2) is 51.0 Å². The van der Waals surface area contributed by atoms with Gasteiger partial charge >= 0.3 is 0 Å². The molecular weight excluding hydrogens is 382 g/mol. The largest absolute Gasteiger partial charge is 0.381 e. The molecule has 0 N–H and O–H groups in total. The average molecular weight is 440 g/mol. The van der Waals surface area contributed by atoms with Crippen LogP contribution in [0.1, 0.15) is 107 Å². The summed E-state index contributed by atoms with van der Waals surface area (Å²) >= 11 is 0. The first-order chi connectivity index (χ1) is 14.2. The van der Waals surface area contributed by atoms with Crippen LogP contribution in [0.3, 0.4) is 0 Å². The number of piperidine rings is 1. The second kappa shape index (κ2) is 12.9. The SMILES string of the molecule is CC(C)(C)C1CCCCO1.CC(C)(C)C1CCOCC1.CN1CCC(C(C)(C)C)CC1. The zero-order valence-corrected chi connectivity index (χ0v) is 23.0. The predicted molar refractivity (Wildman–Crippen MR) is 136 cm³/mol. The molecule has 3 fully saturated rings. The van der Waals surface area contributed by atoms with Gasteiger partial charge in [-0.3, -0.25) is 0 Å². The number of ether oxygens (including phenoxy) is 2. The van der Waals surface area contributed by atoms with E-state index in [-0.39, 0.29) is 0 Å². The molecular formula is C28H57NO2. The van der Waals surface area contributed by atoms with E-state index in [0.717, 1.165) is 31.7 Å². The van der Waals surface area contributed by atoms with Gasteiger partial charge in [0.05, 0.1) is 6.10 Å². The molecule has 0 saturated carbocycles. The Morgan fingerprint density at radius 1 is 0.581 bits per heavy atom. The zero-order valence-electron chi connectivity index (χ0n) is 23.0. The van der Waals surface area contributed by atoms with Crippen molar-refractivity contribution in [2.24, 2.45) is 28.1 Å². The lowest BCUT2D eigenvalue weighted by atomic mass is 9.75. The van der Waals surface area contributed by atoms with E-state index >= 15 is 0 Å². The molecule has 0 radical (unpaired) electrons. The van der Waals surface area contributed by atoms with Gasteiger partial charge in [-0.1, -0.05) is 62.3 Å². The molecule has 1 unspecified atom stereocenters. The second-order valence-corrected chi connectivity index (χ2v) is 13.4. The van der Waals surface area contributed by atoms with Crippen molar-refractivity contribution in [2.45, 2.75) is 113 Å². The van der Waals surface area contributed by atoms with Crippen LogP contribution in [0.15, 0.2) is 0 Å². The Bertz CT molecular complexity index is 421. The maximum absolute atomic E-state index is 5.64. The fourth-order valence-corrected chi connectivity index (χ4v) is 4.86. The number of likely N-dealkylation sites (tertiary alicyclic amines) is 1. The van der Waals surface area contributed by atoms with Gasteiger partial charge < -0.3 is 14.4 Å². The van der Waals surface area contributed by atoms with Gasteiger partial charge in [-0.15, -0.1) is 0 Å². The molecule has 3 heteroatoms. The molecule has 31 heavy (non-hydrogen) atoms. The molecule has 0 aliphatic carbocycles. The highest BCUT2D eigenvalue weighted by Crippen LogP contribution is 2.34. The van der Waals surface area contributed by atoms with Crippen molar-refractivity contribution in [2.75, 3.05) is 40.0 Å². The van der Waals surface area contributed by atoms with Crippen LogP contribution in [0.25, 0.3) is 0 Å². The van der Waals surface area contributed by atoms with Crippen LogP contribution >= 0.6 is 0 Å². The molecule has 3 nitrogen and oxygen atoms in total. The lowest BCUT2D eigenvalue weighted by Crippen LogP contribution is -2.35. The topological polar surface area (TPSA) is 21.7 Å². The van der Waals surface area contributed by atoms with E-state index in [0.29, 0.717) is 22.3 Å². The minimum absolute atomic E-state index is 0.348. The summed E-state index contributed by atoms with van der Waals surface area (Å²) in [6, 6.07) is 0. The normalized spacial score (nSPS) is 25.2. The Hall–Kier alpha value is -0.120. The van der Waals surface area contributed by atoms with Crippen molar-refractivity contribution < 1.29 is 9.47 Å². The fourth-order valence-electron chi connectivity index (χ4n) is 4.86. The van der Waals surface area contributed by atoms with Gasteiger partial charge in [0, 0.05) is 19.8 Å². The molecule has 0 aromatic carbocycles. The van der Waals surface area contributed by atoms with Crippen molar-refractivity contribution in [3.05, 3.63) is 0 Å². The number of hydrogen-bond donors (Lipinski definition) is 0. The van der Waals surface area contributed by atoms with Crippen LogP contribution < -0.4 is 0 Å². The van der Waals surface area contributed by atoms with Crippen LogP contribution in [0.2, 0.25) is 0 Å². The maximum Gasteiger partial charge on any atom is 0.0623 e. The zero-order chi connectivity index (χ0) is 23.7. The van der Waals surface area contributed by atoms with Crippen molar-refractivity contribution in [1.29, 1.82) is 0 Å². The molecule has 3 rings (SSSR count). The smallest absolute Gasteiger partial charge is 0.0623 e. The van der Waals surface area contributed by atoms with E-state index in [1.54, 1.807) is 0 Å². The molecule has 3 aliphatic rings. The standard InChI is InChI=1S/C10H21N.2C9H18O/c1-10(2,3)9-5-7-11(4)8-6-9;1-9(2,3)8-4-6-10-7-5-8;1-9(2,3)8-6-4-5-7-10-8/h9H,5-8H2,1-4H3;2*8H,4-7H2,1-3H3. The Morgan fingerprint density at radius 2 is 1.06 bits per heavy atom. The highest BCUT2D eigenvalue weighted by Gasteiger charge is 2.28. The van der Waals surface area contributed by atoms with E-state index in [4.69, 9.17) is 9.47 Å². The van der Waals surface area contributed by atoms with Gasteiger partial charge in [0.2, 0.25) is 0 Å². The summed E-state index contributed by atoms with van der Waals surface area (Å²) < 4.78 is 10.9. The average Bonchev–Trinajstić information content (AvgIpc) is 2.69. The van der Waals surface area contributed by atoms with E-state index in [9.17, 15) is 0 Å². The molecule has 0 amide bonds. The van der Waals surface area contributed by atoms with Crippen molar-refractivity contribution in [3.63, 3.8) is 0 Å². The quantitative estimate of drug-likeness (QED) is 0.391. The molecule has 186 valence electrons. The minimum Gasteiger partial charge on any atom is -0.381 e. The second-order valence-electron chi connectivity index (χ2n) is 13.4. The Labute approximate surface area is 196 Å². The minimum atomic E-state index is 0.348. The molecule has 0 spiro atoms. The van der Waals surface area contributed by atoms with Gasteiger partial charge in [0.1, 0.15) is 0 Å². The molecule has 3 saturated heterocycles. The van der Waals surface area contributed by atoms with Crippen molar-refractivity contribution in [1.82, 2.24) is 4.90 Å². The summed E-state index contributed by atoms with van der Waals surface area (Å²) in [7, 11) is 2.22. The highest BCUT2D eigenvalue weighted by molar-refractivity contribution is 4.79. The Balaban J connectivity index is 0.000000233. The summed E-state index contributed by atoms with van der Waals surface area (Å²) in [5, 5.41) is 0. The summed E-state index contributed by atoms with van der Waals surface area (Å²) in [6.07, 6.45) is 9.65. The molecule has 0 aromatic heterocycles. The van der Waals surface area contributed by atoms with Gasteiger partial charge in [-0.25, -0.2) is 0 Å². The van der Waals surface area contributed by atoms with E-state index in [1.807, 2.05) is 0 Å². The van der Waals surface area contributed by atoms with E-state index in [2.05, 4.69) is 74.3 Å². The summed E-state index contributed by atoms with van der Waals surface area (Å²) in [5.74, 6) is 1.82. The van der Waals surface area contributed by atoms with Gasteiger partial charge in [-0.05, 0) is 93.2 Å². The number of nitrogens with zero attached hydrogens (tertiary/aromatic N) is 1. The number of rotatable bonds is 0. The summed E-state index contributed by atoms with van der Waals surface area (Å²) in [6.45, 7) is 26.3. The van der Waals surface area contributed by atoms with Crippen molar-refractivity contribution >= 4 is 0 Å². The van der Waals surface area contributed by atoms with Gasteiger partial charge in [0.25, 0.3) is 0 Å². The lowest BCUT2D eigenvalue weighted by Gasteiger charge is -2.37. The van der Waals surface area contributed by atoms with Crippen LogP contribution in [0.4, 0.5) is 0 Å². The van der Waals surface area contributed by atoms with Gasteiger partial charge in [0.15, 0.2) is 0 Å². The molecule has 0 aromatic rings. The Kier molecular flexibility index (Phi) is 12.1. The molecule has 1 atom stereocenters. The summed E-state index contributed by atoms with van der Waals surface area (Å²) in [5.41, 5.74) is 1.37. The van der Waals surface area contributed by atoms with Crippen molar-refractivity contribution in [3.8, 4) is 0 Å². The lowest BCUT2D eigenvalue weighted by molar-refractivity contribution is -0.0474. The number of hydrogen-bond acceptors (Lipinski definition) is 3. The van der Waals surface area contributed by atoms with E-state index in [1.165, 1.54) is 58.0 Å². The Morgan fingerprint density at radius 3 is 1.39 bits per heavy atom.